The number of hydrogen-bond acceptors (Lipinski definition) is 5. The predicted molar refractivity (Wildman–Crippen MR) is 144 cm³/mol. The van der Waals surface area contributed by atoms with E-state index in [9.17, 15) is 9.59 Å². The number of carbonyl (C=O) groups excluding carboxylic acids is 2. The SMILES string of the molecule is O=C[C@@H](c1ccc2c(c1)OCCO2)[C@H](CN1CCCC1)NC(=O)Cc1ccc(-c2cccc(Cl)c2)cc1. The maximum Gasteiger partial charge on any atom is 0.224 e. The van der Waals surface area contributed by atoms with Gasteiger partial charge in [-0.2, -0.15) is 0 Å². The molecule has 7 heteroatoms. The zero-order valence-corrected chi connectivity index (χ0v) is 21.5. The number of aldehydes is 1. The molecule has 2 heterocycles. The van der Waals surface area contributed by atoms with Crippen LogP contribution in [-0.2, 0) is 16.0 Å². The molecule has 1 saturated heterocycles. The second-order valence-corrected chi connectivity index (χ2v) is 10.1. The summed E-state index contributed by atoms with van der Waals surface area (Å²) < 4.78 is 11.4. The maximum absolute atomic E-state index is 13.2. The number of nitrogens with zero attached hydrogens (tertiary/aromatic N) is 1. The first-order chi connectivity index (χ1) is 18.1. The van der Waals surface area contributed by atoms with E-state index >= 15 is 0 Å². The fourth-order valence-electron chi connectivity index (χ4n) is 5.09. The largest absolute Gasteiger partial charge is 0.486 e. The van der Waals surface area contributed by atoms with Crippen LogP contribution in [0.1, 0.15) is 29.9 Å². The Morgan fingerprint density at radius 2 is 1.70 bits per heavy atom. The molecule has 3 aromatic rings. The number of likely N-dealkylation sites (tertiary alicyclic amines) is 1. The molecule has 0 radical (unpaired) electrons. The van der Waals surface area contributed by atoms with E-state index in [0.717, 1.165) is 54.5 Å². The molecule has 1 amide bonds. The maximum atomic E-state index is 13.2. The molecule has 192 valence electrons. The summed E-state index contributed by atoms with van der Waals surface area (Å²) in [7, 11) is 0. The van der Waals surface area contributed by atoms with Gasteiger partial charge in [0.2, 0.25) is 5.91 Å². The molecule has 1 N–H and O–H groups in total. The van der Waals surface area contributed by atoms with E-state index in [-0.39, 0.29) is 18.4 Å². The van der Waals surface area contributed by atoms with Crippen molar-refractivity contribution in [2.75, 3.05) is 32.8 Å². The molecule has 1 fully saturated rings. The summed E-state index contributed by atoms with van der Waals surface area (Å²) in [6.45, 7) is 3.56. The number of nitrogens with one attached hydrogen (secondary N) is 1. The van der Waals surface area contributed by atoms with Crippen molar-refractivity contribution in [3.05, 3.63) is 82.9 Å². The molecule has 0 bridgehead atoms. The smallest absolute Gasteiger partial charge is 0.224 e. The van der Waals surface area contributed by atoms with E-state index in [1.807, 2.05) is 66.7 Å². The molecule has 5 rings (SSSR count). The van der Waals surface area contributed by atoms with Crippen molar-refractivity contribution < 1.29 is 19.1 Å². The number of hydrogen-bond donors (Lipinski definition) is 1. The van der Waals surface area contributed by atoms with Gasteiger partial charge >= 0.3 is 0 Å². The van der Waals surface area contributed by atoms with E-state index in [4.69, 9.17) is 21.1 Å². The third kappa shape index (κ3) is 6.32. The van der Waals surface area contributed by atoms with Gasteiger partial charge in [0.15, 0.2) is 11.5 Å². The number of fused-ring (bicyclic) bond motifs is 1. The summed E-state index contributed by atoms with van der Waals surface area (Å²) in [5, 5.41) is 3.86. The molecule has 0 unspecified atom stereocenters. The molecule has 0 spiro atoms. The topological polar surface area (TPSA) is 67.9 Å². The molecule has 2 aliphatic rings. The highest BCUT2D eigenvalue weighted by Crippen LogP contribution is 2.34. The van der Waals surface area contributed by atoms with Crippen molar-refractivity contribution in [3.63, 3.8) is 0 Å². The summed E-state index contributed by atoms with van der Waals surface area (Å²) >= 11 is 6.13. The summed E-state index contributed by atoms with van der Waals surface area (Å²) in [6, 6.07) is 20.9. The van der Waals surface area contributed by atoms with Crippen LogP contribution in [0.2, 0.25) is 5.02 Å². The average Bonchev–Trinajstić information content (AvgIpc) is 3.42. The number of rotatable bonds is 9. The molecule has 2 aliphatic heterocycles. The fourth-order valence-corrected chi connectivity index (χ4v) is 5.28. The van der Waals surface area contributed by atoms with Crippen molar-refractivity contribution in [2.24, 2.45) is 0 Å². The van der Waals surface area contributed by atoms with Crippen LogP contribution in [0.5, 0.6) is 11.5 Å². The first kappa shape index (κ1) is 25.3. The monoisotopic (exact) mass is 518 g/mol. The molecule has 6 nitrogen and oxygen atoms in total. The van der Waals surface area contributed by atoms with Gasteiger partial charge in [-0.1, -0.05) is 54.1 Å². The highest BCUT2D eigenvalue weighted by Gasteiger charge is 2.29. The van der Waals surface area contributed by atoms with E-state index in [1.54, 1.807) is 0 Å². The van der Waals surface area contributed by atoms with E-state index in [0.29, 0.717) is 36.3 Å². The summed E-state index contributed by atoms with van der Waals surface area (Å²) in [4.78, 5) is 27.9. The minimum atomic E-state index is -0.495. The Hall–Kier alpha value is -3.35. The van der Waals surface area contributed by atoms with Crippen LogP contribution in [0, 0.1) is 0 Å². The second kappa shape index (κ2) is 11.8. The van der Waals surface area contributed by atoms with Crippen LogP contribution in [0.25, 0.3) is 11.1 Å². The van der Waals surface area contributed by atoms with Gasteiger partial charge in [-0.25, -0.2) is 0 Å². The van der Waals surface area contributed by atoms with E-state index < -0.39 is 5.92 Å². The number of amides is 1. The molecular formula is C30H31ClN2O4. The third-order valence-corrected chi connectivity index (χ3v) is 7.24. The summed E-state index contributed by atoms with van der Waals surface area (Å²) in [5.41, 5.74) is 3.79. The normalized spacial score (nSPS) is 16.7. The van der Waals surface area contributed by atoms with Gasteiger partial charge in [-0.3, -0.25) is 4.79 Å². The number of benzene rings is 3. The van der Waals surface area contributed by atoms with Crippen molar-refractivity contribution in [3.8, 4) is 22.6 Å². The van der Waals surface area contributed by atoms with Crippen molar-refractivity contribution in [2.45, 2.75) is 31.2 Å². The lowest BCUT2D eigenvalue weighted by atomic mass is 9.91. The molecule has 0 aromatic heterocycles. The Kier molecular flexibility index (Phi) is 8.07. The Balaban J connectivity index is 1.30. The lowest BCUT2D eigenvalue weighted by Crippen LogP contribution is -2.47. The molecule has 37 heavy (non-hydrogen) atoms. The quantitative estimate of drug-likeness (QED) is 0.409. The van der Waals surface area contributed by atoms with Crippen LogP contribution in [0.15, 0.2) is 66.7 Å². The van der Waals surface area contributed by atoms with Gasteiger partial charge in [0.25, 0.3) is 0 Å². The number of halogens is 1. The number of carbonyl (C=O) groups is 2. The third-order valence-electron chi connectivity index (χ3n) is 7.01. The van der Waals surface area contributed by atoms with Gasteiger partial charge in [-0.05, 0) is 72.5 Å². The van der Waals surface area contributed by atoms with Gasteiger partial charge in [0.1, 0.15) is 19.5 Å². The van der Waals surface area contributed by atoms with Crippen LogP contribution in [-0.4, -0.2) is 56.0 Å². The standard InChI is InChI=1S/C30H31ClN2O4/c31-25-5-3-4-23(17-25)22-8-6-21(7-9-22)16-30(35)32-27(19-33-12-1-2-13-33)26(20-34)24-10-11-28-29(18-24)37-15-14-36-28/h3-11,17-18,20,26-27H,1-2,12-16,19H2,(H,32,35)/t26-,27-/m0/s1. The van der Waals surface area contributed by atoms with Crippen molar-refractivity contribution in [1.82, 2.24) is 10.2 Å². The Labute approximate surface area is 222 Å². The molecule has 3 aromatic carbocycles. The zero-order chi connectivity index (χ0) is 25.6. The van der Waals surface area contributed by atoms with Crippen LogP contribution in [0.3, 0.4) is 0 Å². The molecule has 2 atom stereocenters. The van der Waals surface area contributed by atoms with Gasteiger partial charge in [-0.15, -0.1) is 0 Å². The van der Waals surface area contributed by atoms with Gasteiger partial charge < -0.3 is 24.5 Å². The lowest BCUT2D eigenvalue weighted by Gasteiger charge is -2.29. The Morgan fingerprint density at radius 1 is 0.946 bits per heavy atom. The molecule has 0 aliphatic carbocycles. The predicted octanol–water partition coefficient (Wildman–Crippen LogP) is 4.88. The first-order valence-electron chi connectivity index (χ1n) is 12.8. The molecule has 0 saturated carbocycles. The van der Waals surface area contributed by atoms with Crippen LogP contribution >= 0.6 is 11.6 Å². The Bertz CT molecular complexity index is 1240. The highest BCUT2D eigenvalue weighted by atomic mass is 35.5. The van der Waals surface area contributed by atoms with Crippen LogP contribution < -0.4 is 14.8 Å². The van der Waals surface area contributed by atoms with Crippen molar-refractivity contribution >= 4 is 23.8 Å². The van der Waals surface area contributed by atoms with Crippen molar-refractivity contribution in [1.29, 1.82) is 0 Å². The highest BCUT2D eigenvalue weighted by molar-refractivity contribution is 6.30. The minimum Gasteiger partial charge on any atom is -0.486 e. The van der Waals surface area contributed by atoms with Gasteiger partial charge in [0.05, 0.1) is 18.4 Å². The Morgan fingerprint density at radius 3 is 2.43 bits per heavy atom. The number of ether oxygens (including phenoxy) is 2. The summed E-state index contributed by atoms with van der Waals surface area (Å²) in [5.74, 6) is 0.720. The van der Waals surface area contributed by atoms with E-state index in [1.165, 1.54) is 0 Å². The minimum absolute atomic E-state index is 0.107. The lowest BCUT2D eigenvalue weighted by molar-refractivity contribution is -0.121. The van der Waals surface area contributed by atoms with Gasteiger partial charge in [0, 0.05) is 11.6 Å². The fraction of sp³-hybridized carbons (Fsp3) is 0.333. The second-order valence-electron chi connectivity index (χ2n) is 9.63. The van der Waals surface area contributed by atoms with Crippen LogP contribution in [0.4, 0.5) is 0 Å². The summed E-state index contributed by atoms with van der Waals surface area (Å²) in [6.07, 6.45) is 3.44. The zero-order valence-electron chi connectivity index (χ0n) is 20.7. The molecular weight excluding hydrogens is 488 g/mol. The first-order valence-corrected chi connectivity index (χ1v) is 13.2. The average molecular weight is 519 g/mol. The van der Waals surface area contributed by atoms with E-state index in [2.05, 4.69) is 10.2 Å².